The zero-order chi connectivity index (χ0) is 10.8. The van der Waals surface area contributed by atoms with E-state index in [0.717, 1.165) is 15.9 Å². The predicted molar refractivity (Wildman–Crippen MR) is 60.5 cm³/mol. The summed E-state index contributed by atoms with van der Waals surface area (Å²) in [6.07, 6.45) is 0. The second-order valence-corrected chi connectivity index (χ2v) is 4.01. The van der Waals surface area contributed by atoms with Gasteiger partial charge in [0.05, 0.1) is 5.52 Å². The van der Waals surface area contributed by atoms with Gasteiger partial charge < -0.3 is 10.0 Å². The number of fused-ring (bicyclic) bond motifs is 1. The Balaban J connectivity index is 2.39. The van der Waals surface area contributed by atoms with E-state index >= 15 is 0 Å². The number of rotatable bonds is 3. The number of benzene rings is 1. The van der Waals surface area contributed by atoms with Crippen molar-refractivity contribution in [1.29, 1.82) is 0 Å². The van der Waals surface area contributed by atoms with Crippen molar-refractivity contribution in [1.82, 2.24) is 4.37 Å². The van der Waals surface area contributed by atoms with Gasteiger partial charge in [-0.1, -0.05) is 12.1 Å². The third-order valence-corrected chi connectivity index (χ3v) is 3.08. The highest BCUT2D eigenvalue weighted by molar-refractivity contribution is 7.11. The zero-order valence-electron chi connectivity index (χ0n) is 8.17. The molecule has 0 spiro atoms. The molecule has 0 bridgehead atoms. The Morgan fingerprint density at radius 2 is 2.27 bits per heavy atom. The van der Waals surface area contributed by atoms with E-state index < -0.39 is 5.97 Å². The van der Waals surface area contributed by atoms with Gasteiger partial charge in [-0.05, 0) is 23.7 Å². The van der Waals surface area contributed by atoms with Gasteiger partial charge in [0.1, 0.15) is 11.5 Å². The highest BCUT2D eigenvalue weighted by Crippen LogP contribution is 2.29. The first-order chi connectivity index (χ1) is 7.18. The quantitative estimate of drug-likeness (QED) is 0.860. The maximum atomic E-state index is 10.6. The molecule has 1 aromatic carbocycles. The molecule has 0 unspecified atom stereocenters. The Kier molecular flexibility index (Phi) is 2.55. The molecule has 15 heavy (non-hydrogen) atoms. The van der Waals surface area contributed by atoms with E-state index in [1.165, 1.54) is 11.5 Å². The number of carboxylic acids is 1. The van der Waals surface area contributed by atoms with E-state index in [2.05, 4.69) is 4.37 Å². The van der Waals surface area contributed by atoms with Crippen molar-refractivity contribution in [3.05, 3.63) is 24.3 Å². The molecular weight excluding hydrogens is 212 g/mol. The molecule has 0 amide bonds. The van der Waals surface area contributed by atoms with Crippen molar-refractivity contribution in [3.63, 3.8) is 0 Å². The fourth-order valence-electron chi connectivity index (χ4n) is 1.43. The van der Waals surface area contributed by atoms with Gasteiger partial charge in [-0.15, -0.1) is 0 Å². The summed E-state index contributed by atoms with van der Waals surface area (Å²) in [6.45, 7) is -0.00775. The van der Waals surface area contributed by atoms with Crippen molar-refractivity contribution in [2.45, 2.75) is 0 Å². The number of hydrogen-bond donors (Lipinski definition) is 1. The summed E-state index contributed by atoms with van der Waals surface area (Å²) < 4.78 is 4.25. The summed E-state index contributed by atoms with van der Waals surface area (Å²) in [6, 6.07) is 7.72. The minimum absolute atomic E-state index is 0.00775. The molecule has 0 fully saturated rings. The SMILES string of the molecule is CN(CC(=O)O)c1snc2ccccc12. The average Bonchev–Trinajstić information content (AvgIpc) is 2.59. The van der Waals surface area contributed by atoms with E-state index in [1.807, 2.05) is 24.3 Å². The molecule has 1 aromatic heterocycles. The smallest absolute Gasteiger partial charge is 0.323 e. The van der Waals surface area contributed by atoms with Gasteiger partial charge in [0.25, 0.3) is 0 Å². The van der Waals surface area contributed by atoms with Crippen LogP contribution in [-0.2, 0) is 4.79 Å². The van der Waals surface area contributed by atoms with Crippen LogP contribution in [0.1, 0.15) is 0 Å². The lowest BCUT2D eigenvalue weighted by Gasteiger charge is -2.13. The summed E-state index contributed by atoms with van der Waals surface area (Å²) in [5, 5.41) is 10.6. The number of aliphatic carboxylic acids is 1. The molecule has 0 aliphatic carbocycles. The van der Waals surface area contributed by atoms with Gasteiger partial charge >= 0.3 is 5.97 Å². The van der Waals surface area contributed by atoms with Crippen molar-refractivity contribution in [2.75, 3.05) is 18.5 Å². The topological polar surface area (TPSA) is 53.4 Å². The summed E-state index contributed by atoms with van der Waals surface area (Å²) in [4.78, 5) is 12.3. The summed E-state index contributed by atoms with van der Waals surface area (Å²) in [7, 11) is 1.76. The van der Waals surface area contributed by atoms with Gasteiger partial charge in [-0.2, -0.15) is 4.37 Å². The van der Waals surface area contributed by atoms with Crippen LogP contribution in [-0.4, -0.2) is 29.0 Å². The molecule has 0 aliphatic rings. The Bertz CT molecular complexity index is 495. The van der Waals surface area contributed by atoms with Gasteiger partial charge in [0.2, 0.25) is 0 Å². The molecule has 0 saturated heterocycles. The normalized spacial score (nSPS) is 10.5. The lowest BCUT2D eigenvalue weighted by molar-refractivity contribution is -0.135. The first kappa shape index (κ1) is 9.92. The molecule has 0 atom stereocenters. The number of carbonyl (C=O) groups is 1. The molecule has 1 heterocycles. The van der Waals surface area contributed by atoms with Crippen molar-refractivity contribution >= 4 is 33.4 Å². The highest BCUT2D eigenvalue weighted by atomic mass is 32.1. The fraction of sp³-hybridized carbons (Fsp3) is 0.200. The van der Waals surface area contributed by atoms with E-state index in [-0.39, 0.29) is 6.54 Å². The van der Waals surface area contributed by atoms with Crippen LogP contribution in [0, 0.1) is 0 Å². The van der Waals surface area contributed by atoms with Crippen LogP contribution in [0.4, 0.5) is 5.00 Å². The molecule has 2 rings (SSSR count). The van der Waals surface area contributed by atoms with Crippen LogP contribution in [0.5, 0.6) is 0 Å². The molecule has 5 heteroatoms. The van der Waals surface area contributed by atoms with Gasteiger partial charge in [-0.25, -0.2) is 0 Å². The number of carboxylic acid groups (broad SMARTS) is 1. The van der Waals surface area contributed by atoms with Crippen molar-refractivity contribution < 1.29 is 9.90 Å². The van der Waals surface area contributed by atoms with E-state index in [4.69, 9.17) is 5.11 Å². The number of anilines is 1. The second kappa shape index (κ2) is 3.86. The molecule has 0 radical (unpaired) electrons. The predicted octanol–water partition coefficient (Wildman–Crippen LogP) is 1.82. The molecule has 0 aliphatic heterocycles. The van der Waals surface area contributed by atoms with Gasteiger partial charge in [-0.3, -0.25) is 4.79 Å². The maximum absolute atomic E-state index is 10.6. The monoisotopic (exact) mass is 222 g/mol. The number of nitrogens with zero attached hydrogens (tertiary/aromatic N) is 2. The Morgan fingerprint density at radius 1 is 1.53 bits per heavy atom. The van der Waals surface area contributed by atoms with Crippen LogP contribution in [0.2, 0.25) is 0 Å². The van der Waals surface area contributed by atoms with Gasteiger partial charge in [0.15, 0.2) is 0 Å². The zero-order valence-corrected chi connectivity index (χ0v) is 8.99. The summed E-state index contributed by atoms with van der Waals surface area (Å²) >= 11 is 1.33. The number of likely N-dealkylation sites (N-methyl/N-ethyl adjacent to an activating group) is 1. The van der Waals surface area contributed by atoms with E-state index in [0.29, 0.717) is 0 Å². The molecule has 4 nitrogen and oxygen atoms in total. The van der Waals surface area contributed by atoms with Crippen LogP contribution in [0.3, 0.4) is 0 Å². The molecule has 2 aromatic rings. The minimum atomic E-state index is -0.838. The van der Waals surface area contributed by atoms with E-state index in [9.17, 15) is 4.79 Å². The second-order valence-electron chi connectivity index (χ2n) is 3.25. The Labute approximate surface area is 90.9 Å². The summed E-state index contributed by atoms with van der Waals surface area (Å²) in [5.41, 5.74) is 0.912. The average molecular weight is 222 g/mol. The third-order valence-electron chi connectivity index (χ3n) is 2.08. The number of hydrogen-bond acceptors (Lipinski definition) is 4. The first-order valence-corrected chi connectivity index (χ1v) is 5.23. The Morgan fingerprint density at radius 3 is 3.00 bits per heavy atom. The largest absolute Gasteiger partial charge is 0.480 e. The lowest BCUT2D eigenvalue weighted by atomic mass is 10.2. The number of aromatic nitrogens is 1. The van der Waals surface area contributed by atoms with Crippen LogP contribution in [0.25, 0.3) is 10.9 Å². The summed E-state index contributed by atoms with van der Waals surface area (Å²) in [5.74, 6) is -0.838. The maximum Gasteiger partial charge on any atom is 0.323 e. The van der Waals surface area contributed by atoms with E-state index in [1.54, 1.807) is 11.9 Å². The molecular formula is C10H10N2O2S. The van der Waals surface area contributed by atoms with Crippen molar-refractivity contribution in [3.8, 4) is 0 Å². The molecule has 78 valence electrons. The molecule has 0 saturated carbocycles. The van der Waals surface area contributed by atoms with Crippen LogP contribution < -0.4 is 4.90 Å². The minimum Gasteiger partial charge on any atom is -0.480 e. The highest BCUT2D eigenvalue weighted by Gasteiger charge is 2.11. The van der Waals surface area contributed by atoms with Crippen LogP contribution in [0.15, 0.2) is 24.3 Å². The fourth-order valence-corrected chi connectivity index (χ4v) is 2.24. The third kappa shape index (κ3) is 1.92. The van der Waals surface area contributed by atoms with Crippen LogP contribution >= 0.6 is 11.5 Å². The van der Waals surface area contributed by atoms with Gasteiger partial charge in [0, 0.05) is 12.4 Å². The first-order valence-electron chi connectivity index (χ1n) is 4.46. The lowest BCUT2D eigenvalue weighted by Crippen LogP contribution is -2.24. The standard InChI is InChI=1S/C10H10N2O2S/c1-12(6-9(13)14)10-7-4-2-3-5-8(7)11-15-10/h2-5H,6H2,1H3,(H,13,14). The molecule has 1 N–H and O–H groups in total. The van der Waals surface area contributed by atoms with Crippen molar-refractivity contribution in [2.24, 2.45) is 0 Å². The Hall–Kier alpha value is -1.62.